The molecule has 0 heterocycles. The summed E-state index contributed by atoms with van der Waals surface area (Å²) in [5, 5.41) is 0.132. The van der Waals surface area contributed by atoms with Crippen molar-refractivity contribution < 1.29 is 13.9 Å². The van der Waals surface area contributed by atoms with Crippen LogP contribution in [-0.4, -0.2) is 18.3 Å². The number of carbonyl (C=O) groups is 1. The van der Waals surface area contributed by atoms with E-state index in [1.807, 2.05) is 0 Å². The number of hydrogen-bond acceptors (Lipinski definition) is 2. The minimum atomic E-state index is -0.453. The smallest absolute Gasteiger partial charge is 0.184 e. The van der Waals surface area contributed by atoms with Gasteiger partial charge in [0.1, 0.15) is 18.2 Å². The summed E-state index contributed by atoms with van der Waals surface area (Å²) < 4.78 is 17.6. The van der Waals surface area contributed by atoms with E-state index in [-0.39, 0.29) is 29.0 Å². The lowest BCUT2D eigenvalue weighted by Gasteiger charge is -2.05. The van der Waals surface area contributed by atoms with Crippen LogP contribution < -0.4 is 4.74 Å². The van der Waals surface area contributed by atoms with Crippen molar-refractivity contribution in [2.75, 3.05) is 12.5 Å². The number of hydrogen-bond donors (Lipinski definition) is 0. The predicted octanol–water partition coefficient (Wildman–Crippen LogP) is 2.67. The molecule has 0 saturated heterocycles. The zero-order valence-corrected chi connectivity index (χ0v) is 8.61. The average Bonchev–Trinajstić information content (AvgIpc) is 2.16. The largest absolute Gasteiger partial charge is 0.484 e. The van der Waals surface area contributed by atoms with Crippen molar-refractivity contribution in [1.82, 2.24) is 0 Å². The first kappa shape index (κ1) is 11.3. The number of halogens is 3. The minimum Gasteiger partial charge on any atom is -0.484 e. The van der Waals surface area contributed by atoms with Crippen molar-refractivity contribution in [3.8, 4) is 5.75 Å². The van der Waals surface area contributed by atoms with Gasteiger partial charge in [-0.25, -0.2) is 4.39 Å². The zero-order valence-electron chi connectivity index (χ0n) is 7.10. The van der Waals surface area contributed by atoms with E-state index in [2.05, 4.69) is 0 Å². The highest BCUT2D eigenvalue weighted by Crippen LogP contribution is 2.24. The molecule has 0 saturated carbocycles. The fourth-order valence-corrected chi connectivity index (χ4v) is 1.09. The third-order valence-corrected chi connectivity index (χ3v) is 2.03. The highest BCUT2D eigenvalue weighted by molar-refractivity contribution is 6.32. The van der Waals surface area contributed by atoms with Gasteiger partial charge in [0.2, 0.25) is 0 Å². The summed E-state index contributed by atoms with van der Waals surface area (Å²) in [5.41, 5.74) is 0. The van der Waals surface area contributed by atoms with Gasteiger partial charge in [0.15, 0.2) is 5.78 Å². The molecule has 2 nitrogen and oxygen atoms in total. The number of benzene rings is 1. The Balaban J connectivity index is 2.63. The van der Waals surface area contributed by atoms with E-state index in [0.29, 0.717) is 0 Å². The number of Topliss-reactive ketones (excluding diaryl/α,β-unsaturated/α-hetero) is 1. The van der Waals surface area contributed by atoms with Gasteiger partial charge in [0.25, 0.3) is 0 Å². The summed E-state index contributed by atoms with van der Waals surface area (Å²) in [6.45, 7) is -0.158. The Morgan fingerprint density at radius 2 is 2.21 bits per heavy atom. The minimum absolute atomic E-state index is 0.112. The normalized spacial score (nSPS) is 9.93. The van der Waals surface area contributed by atoms with E-state index >= 15 is 0 Å². The molecule has 0 amide bonds. The molecular weight excluding hydrogens is 230 g/mol. The van der Waals surface area contributed by atoms with Crippen molar-refractivity contribution >= 4 is 29.0 Å². The molecule has 0 aromatic heterocycles. The van der Waals surface area contributed by atoms with Crippen LogP contribution in [0.1, 0.15) is 0 Å². The Morgan fingerprint density at radius 3 is 2.79 bits per heavy atom. The SMILES string of the molecule is O=C(CCl)COc1ccc(F)cc1Cl. The van der Waals surface area contributed by atoms with E-state index in [1.165, 1.54) is 12.1 Å². The molecule has 0 fully saturated rings. The maximum absolute atomic E-state index is 12.6. The van der Waals surface area contributed by atoms with Crippen LogP contribution in [0.2, 0.25) is 5.02 Å². The van der Waals surface area contributed by atoms with Crippen LogP contribution in [0.15, 0.2) is 18.2 Å². The summed E-state index contributed by atoms with van der Waals surface area (Å²) in [7, 11) is 0. The van der Waals surface area contributed by atoms with Crippen molar-refractivity contribution in [3.05, 3.63) is 29.0 Å². The van der Waals surface area contributed by atoms with Gasteiger partial charge in [0, 0.05) is 0 Å². The van der Waals surface area contributed by atoms with Gasteiger partial charge < -0.3 is 4.74 Å². The van der Waals surface area contributed by atoms with Gasteiger partial charge in [0.05, 0.1) is 10.9 Å². The fraction of sp³-hybridized carbons (Fsp3) is 0.222. The molecule has 0 aliphatic heterocycles. The lowest BCUT2D eigenvalue weighted by molar-refractivity contribution is -0.118. The van der Waals surface area contributed by atoms with Gasteiger partial charge in [-0.3, -0.25) is 4.79 Å². The molecule has 0 spiro atoms. The number of carbonyl (C=O) groups excluding carboxylic acids is 1. The second-order valence-electron chi connectivity index (χ2n) is 2.54. The molecule has 0 unspecified atom stereocenters. The summed E-state index contributed by atoms with van der Waals surface area (Å²) in [6.07, 6.45) is 0. The molecule has 0 radical (unpaired) electrons. The Bertz CT molecular complexity index is 342. The molecule has 0 aliphatic rings. The Kier molecular flexibility index (Phi) is 4.17. The molecule has 1 aromatic carbocycles. The molecular formula is C9H7Cl2FO2. The van der Waals surface area contributed by atoms with Crippen molar-refractivity contribution in [2.24, 2.45) is 0 Å². The highest BCUT2D eigenvalue weighted by Gasteiger charge is 2.05. The van der Waals surface area contributed by atoms with Crippen molar-refractivity contribution in [2.45, 2.75) is 0 Å². The van der Waals surface area contributed by atoms with Crippen molar-refractivity contribution in [1.29, 1.82) is 0 Å². The second kappa shape index (κ2) is 5.17. The second-order valence-corrected chi connectivity index (χ2v) is 3.21. The van der Waals surface area contributed by atoms with E-state index < -0.39 is 5.82 Å². The lowest BCUT2D eigenvalue weighted by Crippen LogP contribution is -2.12. The van der Waals surface area contributed by atoms with Gasteiger partial charge in [-0.2, -0.15) is 0 Å². The monoisotopic (exact) mass is 236 g/mol. The number of ketones is 1. The van der Waals surface area contributed by atoms with E-state index in [0.717, 1.165) is 6.07 Å². The molecule has 76 valence electrons. The number of rotatable bonds is 4. The third-order valence-electron chi connectivity index (χ3n) is 1.43. The maximum atomic E-state index is 12.6. The molecule has 0 bridgehead atoms. The number of ether oxygens (including phenoxy) is 1. The first-order chi connectivity index (χ1) is 6.63. The van der Waals surface area contributed by atoms with Gasteiger partial charge in [-0.15, -0.1) is 11.6 Å². The standard InChI is InChI=1S/C9H7Cl2FO2/c10-4-7(13)5-14-9-2-1-6(12)3-8(9)11/h1-3H,4-5H2. The molecule has 14 heavy (non-hydrogen) atoms. The van der Waals surface area contributed by atoms with Crippen LogP contribution >= 0.6 is 23.2 Å². The summed E-state index contributed by atoms with van der Waals surface area (Å²) in [4.78, 5) is 10.8. The van der Waals surface area contributed by atoms with Crippen molar-refractivity contribution in [3.63, 3.8) is 0 Å². The van der Waals surface area contributed by atoms with Gasteiger partial charge in [-0.05, 0) is 18.2 Å². The van der Waals surface area contributed by atoms with E-state index in [4.69, 9.17) is 27.9 Å². The number of alkyl halides is 1. The van der Waals surface area contributed by atoms with Crippen LogP contribution in [0.25, 0.3) is 0 Å². The van der Waals surface area contributed by atoms with Crippen LogP contribution in [0, 0.1) is 5.82 Å². The summed E-state index contributed by atoms with van der Waals surface area (Å²) >= 11 is 10.9. The van der Waals surface area contributed by atoms with Crippen LogP contribution in [0.3, 0.4) is 0 Å². The molecule has 1 aromatic rings. The lowest BCUT2D eigenvalue weighted by atomic mass is 10.3. The zero-order chi connectivity index (χ0) is 10.6. The van der Waals surface area contributed by atoms with Crippen LogP contribution in [0.5, 0.6) is 5.75 Å². The highest BCUT2D eigenvalue weighted by atomic mass is 35.5. The quantitative estimate of drug-likeness (QED) is 0.752. The van der Waals surface area contributed by atoms with E-state index in [1.54, 1.807) is 0 Å². The predicted molar refractivity (Wildman–Crippen MR) is 52.6 cm³/mol. The topological polar surface area (TPSA) is 26.3 Å². The average molecular weight is 237 g/mol. The Morgan fingerprint density at radius 1 is 1.50 bits per heavy atom. The molecule has 5 heteroatoms. The first-order valence-electron chi connectivity index (χ1n) is 3.79. The van der Waals surface area contributed by atoms with E-state index in [9.17, 15) is 9.18 Å². The first-order valence-corrected chi connectivity index (χ1v) is 4.70. The molecule has 1 rings (SSSR count). The van der Waals surface area contributed by atoms with Crippen LogP contribution in [-0.2, 0) is 4.79 Å². The summed E-state index contributed by atoms with van der Waals surface area (Å²) in [5.74, 6) is -0.552. The Hall–Kier alpha value is -0.800. The fourth-order valence-electron chi connectivity index (χ4n) is 0.789. The van der Waals surface area contributed by atoms with Crippen LogP contribution in [0.4, 0.5) is 4.39 Å². The summed E-state index contributed by atoms with van der Waals surface area (Å²) in [6, 6.07) is 3.67. The Labute approximate surface area is 90.6 Å². The van der Waals surface area contributed by atoms with Gasteiger partial charge >= 0.3 is 0 Å². The molecule has 0 N–H and O–H groups in total. The maximum Gasteiger partial charge on any atom is 0.184 e. The van der Waals surface area contributed by atoms with Gasteiger partial charge in [-0.1, -0.05) is 11.6 Å². The molecule has 0 aliphatic carbocycles. The third kappa shape index (κ3) is 3.16. The molecule has 0 atom stereocenters.